The summed E-state index contributed by atoms with van der Waals surface area (Å²) in [4.78, 5) is 14.1. The number of nitrogens with one attached hydrogen (secondary N) is 1. The van der Waals surface area contributed by atoms with Crippen molar-refractivity contribution in [2.24, 2.45) is 0 Å². The molecule has 140 valence electrons. The topological polar surface area (TPSA) is 66.5 Å². The van der Waals surface area contributed by atoms with Gasteiger partial charge in [0.05, 0.1) is 4.90 Å². The Labute approximate surface area is 151 Å². The number of amides is 1. The van der Waals surface area contributed by atoms with Crippen LogP contribution in [0.4, 0.5) is 0 Å². The smallest absolute Gasteiger partial charge is 0.240 e. The Morgan fingerprint density at radius 1 is 1.08 bits per heavy atom. The predicted octanol–water partition coefficient (Wildman–Crippen LogP) is 3.06. The van der Waals surface area contributed by atoms with E-state index >= 15 is 0 Å². The highest BCUT2D eigenvalue weighted by molar-refractivity contribution is 7.89. The van der Waals surface area contributed by atoms with E-state index in [2.05, 4.69) is 25.5 Å². The van der Waals surface area contributed by atoms with E-state index in [0.29, 0.717) is 25.9 Å². The van der Waals surface area contributed by atoms with Crippen molar-refractivity contribution >= 4 is 15.9 Å². The van der Waals surface area contributed by atoms with Gasteiger partial charge in [0.1, 0.15) is 0 Å². The SMILES string of the molecule is CC(C)(C)c1ccc(S(=O)(=O)NCCCN2CCCCCC2=O)cc1. The number of likely N-dealkylation sites (tertiary alicyclic amines) is 1. The van der Waals surface area contributed by atoms with Gasteiger partial charge in [0.15, 0.2) is 0 Å². The van der Waals surface area contributed by atoms with Gasteiger partial charge in [0.25, 0.3) is 0 Å². The molecule has 2 rings (SSSR count). The second-order valence-corrected chi connectivity index (χ2v) is 9.48. The molecule has 0 radical (unpaired) electrons. The molecule has 0 saturated carbocycles. The lowest BCUT2D eigenvalue weighted by Gasteiger charge is -2.20. The van der Waals surface area contributed by atoms with E-state index in [1.807, 2.05) is 17.0 Å². The molecule has 0 unspecified atom stereocenters. The molecule has 6 heteroatoms. The zero-order valence-corrected chi connectivity index (χ0v) is 16.4. The van der Waals surface area contributed by atoms with Crippen molar-refractivity contribution in [2.75, 3.05) is 19.6 Å². The molecule has 0 atom stereocenters. The number of carbonyl (C=O) groups excluding carboxylic acids is 1. The number of hydrogen-bond donors (Lipinski definition) is 1. The normalized spacial score (nSPS) is 16.8. The van der Waals surface area contributed by atoms with Crippen molar-refractivity contribution in [3.63, 3.8) is 0 Å². The van der Waals surface area contributed by atoms with Crippen LogP contribution in [0.2, 0.25) is 0 Å². The Hall–Kier alpha value is -1.40. The molecule has 0 spiro atoms. The maximum absolute atomic E-state index is 12.4. The van der Waals surface area contributed by atoms with Crippen LogP contribution in [0.3, 0.4) is 0 Å². The second kappa shape index (κ2) is 8.32. The summed E-state index contributed by atoms with van der Waals surface area (Å²) in [5, 5.41) is 0. The Balaban J connectivity index is 1.86. The van der Waals surface area contributed by atoms with E-state index in [1.54, 1.807) is 12.1 Å². The standard InChI is InChI=1S/C19H30N2O3S/c1-19(2,3)16-9-11-17(12-10-16)25(23,24)20-13-7-15-21-14-6-4-5-8-18(21)22/h9-12,20H,4-8,13-15H2,1-3H3. The Morgan fingerprint density at radius 3 is 2.40 bits per heavy atom. The van der Waals surface area contributed by atoms with Gasteiger partial charge in [0, 0.05) is 26.1 Å². The van der Waals surface area contributed by atoms with Crippen LogP contribution >= 0.6 is 0 Å². The van der Waals surface area contributed by atoms with Crippen LogP contribution in [0, 0.1) is 0 Å². The van der Waals surface area contributed by atoms with Crippen LogP contribution in [0.5, 0.6) is 0 Å². The van der Waals surface area contributed by atoms with Crippen LogP contribution in [-0.2, 0) is 20.2 Å². The minimum atomic E-state index is -3.50. The van der Waals surface area contributed by atoms with Crippen LogP contribution in [-0.4, -0.2) is 38.9 Å². The highest BCUT2D eigenvalue weighted by Gasteiger charge is 2.18. The summed E-state index contributed by atoms with van der Waals surface area (Å²) in [7, 11) is -3.50. The number of hydrogen-bond acceptors (Lipinski definition) is 3. The molecular formula is C19H30N2O3S. The van der Waals surface area contributed by atoms with Crippen molar-refractivity contribution < 1.29 is 13.2 Å². The average molecular weight is 367 g/mol. The summed E-state index contributed by atoms with van der Waals surface area (Å²) in [5.41, 5.74) is 1.10. The molecule has 1 saturated heterocycles. The van der Waals surface area contributed by atoms with E-state index in [-0.39, 0.29) is 16.2 Å². The van der Waals surface area contributed by atoms with Gasteiger partial charge in [-0.3, -0.25) is 4.79 Å². The van der Waals surface area contributed by atoms with E-state index in [9.17, 15) is 13.2 Å². The molecule has 1 amide bonds. The highest BCUT2D eigenvalue weighted by Crippen LogP contribution is 2.23. The van der Waals surface area contributed by atoms with Gasteiger partial charge >= 0.3 is 0 Å². The van der Waals surface area contributed by atoms with Crippen molar-refractivity contribution in [3.05, 3.63) is 29.8 Å². The summed E-state index contributed by atoms with van der Waals surface area (Å²) in [6.45, 7) is 8.04. The molecule has 1 N–H and O–H groups in total. The van der Waals surface area contributed by atoms with E-state index < -0.39 is 10.0 Å². The summed E-state index contributed by atoms with van der Waals surface area (Å²) < 4.78 is 27.4. The first kappa shape index (κ1) is 19.9. The third kappa shape index (κ3) is 5.82. The molecule has 1 fully saturated rings. The molecule has 0 aliphatic carbocycles. The van der Waals surface area contributed by atoms with E-state index in [1.165, 1.54) is 0 Å². The number of rotatable bonds is 6. The van der Waals surface area contributed by atoms with Gasteiger partial charge in [-0.2, -0.15) is 0 Å². The minimum absolute atomic E-state index is 0.00455. The molecule has 1 aromatic rings. The van der Waals surface area contributed by atoms with Crippen LogP contribution in [0.15, 0.2) is 29.2 Å². The van der Waals surface area contributed by atoms with Crippen molar-refractivity contribution in [1.29, 1.82) is 0 Å². The Kier molecular flexibility index (Phi) is 6.63. The second-order valence-electron chi connectivity index (χ2n) is 7.72. The lowest BCUT2D eigenvalue weighted by molar-refractivity contribution is -0.130. The summed E-state index contributed by atoms with van der Waals surface area (Å²) >= 11 is 0. The molecule has 1 aliphatic heterocycles. The van der Waals surface area contributed by atoms with Crippen molar-refractivity contribution in [1.82, 2.24) is 9.62 Å². The van der Waals surface area contributed by atoms with Gasteiger partial charge in [0.2, 0.25) is 15.9 Å². The van der Waals surface area contributed by atoms with Gasteiger partial charge in [-0.25, -0.2) is 13.1 Å². The molecule has 1 aromatic carbocycles. The maximum atomic E-state index is 12.4. The lowest BCUT2D eigenvalue weighted by Crippen LogP contribution is -2.34. The molecule has 0 aromatic heterocycles. The third-order valence-corrected chi connectivity index (χ3v) is 6.08. The molecule has 0 bridgehead atoms. The zero-order valence-electron chi connectivity index (χ0n) is 15.5. The molecular weight excluding hydrogens is 336 g/mol. The first-order valence-corrected chi connectivity index (χ1v) is 10.6. The quantitative estimate of drug-likeness (QED) is 0.787. The average Bonchev–Trinajstić information content (AvgIpc) is 2.75. The van der Waals surface area contributed by atoms with Crippen LogP contribution in [0.25, 0.3) is 0 Å². The maximum Gasteiger partial charge on any atom is 0.240 e. The zero-order chi connectivity index (χ0) is 18.5. The fraction of sp³-hybridized carbons (Fsp3) is 0.632. The predicted molar refractivity (Wildman–Crippen MR) is 100.0 cm³/mol. The number of sulfonamides is 1. The summed E-state index contributed by atoms with van der Waals surface area (Å²) in [6.07, 6.45) is 4.35. The van der Waals surface area contributed by atoms with Gasteiger partial charge < -0.3 is 4.90 Å². The summed E-state index contributed by atoms with van der Waals surface area (Å²) in [5.74, 6) is 0.193. The fourth-order valence-electron chi connectivity index (χ4n) is 2.97. The van der Waals surface area contributed by atoms with Crippen molar-refractivity contribution in [2.45, 2.75) is 63.2 Å². The first-order valence-electron chi connectivity index (χ1n) is 9.08. The van der Waals surface area contributed by atoms with Crippen molar-refractivity contribution in [3.8, 4) is 0 Å². The number of nitrogens with zero attached hydrogens (tertiary/aromatic N) is 1. The minimum Gasteiger partial charge on any atom is -0.343 e. The molecule has 1 heterocycles. The molecule has 5 nitrogen and oxygen atoms in total. The van der Waals surface area contributed by atoms with Gasteiger partial charge in [-0.1, -0.05) is 39.3 Å². The van der Waals surface area contributed by atoms with E-state index in [4.69, 9.17) is 0 Å². The first-order chi connectivity index (χ1) is 11.7. The Bertz CT molecular complexity index is 676. The number of benzene rings is 1. The summed E-state index contributed by atoms with van der Waals surface area (Å²) in [6, 6.07) is 7.04. The van der Waals surface area contributed by atoms with Gasteiger partial charge in [-0.05, 0) is 42.4 Å². The van der Waals surface area contributed by atoms with Gasteiger partial charge in [-0.15, -0.1) is 0 Å². The molecule has 1 aliphatic rings. The van der Waals surface area contributed by atoms with Crippen LogP contribution in [0.1, 0.15) is 58.4 Å². The Morgan fingerprint density at radius 2 is 1.76 bits per heavy atom. The lowest BCUT2D eigenvalue weighted by atomic mass is 9.87. The largest absolute Gasteiger partial charge is 0.343 e. The third-order valence-electron chi connectivity index (χ3n) is 4.60. The van der Waals surface area contributed by atoms with Crippen LogP contribution < -0.4 is 4.72 Å². The monoisotopic (exact) mass is 366 g/mol. The highest BCUT2D eigenvalue weighted by atomic mass is 32.2. The molecule has 25 heavy (non-hydrogen) atoms. The fourth-order valence-corrected chi connectivity index (χ4v) is 4.04. The number of carbonyl (C=O) groups is 1. The van der Waals surface area contributed by atoms with E-state index in [0.717, 1.165) is 31.4 Å².